The zero-order valence-corrected chi connectivity index (χ0v) is 41.1. The lowest BCUT2D eigenvalue weighted by Gasteiger charge is -2.49. The van der Waals surface area contributed by atoms with E-state index in [1.165, 1.54) is 125 Å². The minimum atomic E-state index is -0.165. The third-order valence-corrected chi connectivity index (χ3v) is 16.1. The van der Waals surface area contributed by atoms with E-state index in [0.717, 1.165) is 0 Å². The normalized spacial score (nSPS) is 17.2. The molecule has 326 valence electrons. The van der Waals surface area contributed by atoms with Gasteiger partial charge in [-0.25, -0.2) is 0 Å². The molecule has 2 aliphatic heterocycles. The molecular formula is C62H65BN2. The lowest BCUT2D eigenvalue weighted by atomic mass is 9.42. The van der Waals surface area contributed by atoms with Crippen LogP contribution in [0.25, 0.3) is 33.4 Å². The fourth-order valence-electron chi connectivity index (χ4n) is 12.1. The number of anilines is 5. The number of rotatable bonds is 3. The maximum Gasteiger partial charge on any atom is 0.333 e. The Labute approximate surface area is 389 Å². The standard InChI is InChI=1S/C62H65BN2/c1-38-33-46-45-36-49-50(61(10,11)32-31-60(49,8)9)37-53(45)65(42-26-23-40(24-27-42)58(2,3)4)63-51-29-28-48-55(43-21-17-18-22-47(43)62(48,12)13)57(51)64(54(34-38)56(46)63)52-30-25-41(59(5,6)7)35-44(52)39-19-15-14-16-20-39/h14-30,33-37H,31-32H2,1-13H3. The summed E-state index contributed by atoms with van der Waals surface area (Å²) < 4.78 is 0. The number of aryl methyl sites for hydroxylation is 1. The van der Waals surface area contributed by atoms with Gasteiger partial charge in [-0.1, -0.05) is 174 Å². The highest BCUT2D eigenvalue weighted by Crippen LogP contribution is 2.58. The summed E-state index contributed by atoms with van der Waals surface area (Å²) in [4.78, 5) is 5.46. The summed E-state index contributed by atoms with van der Waals surface area (Å²) in [5, 5.41) is 0. The molecule has 0 spiro atoms. The summed E-state index contributed by atoms with van der Waals surface area (Å²) in [7, 11) is 0. The smallest absolute Gasteiger partial charge is 0.333 e. The van der Waals surface area contributed by atoms with E-state index in [9.17, 15) is 0 Å². The van der Waals surface area contributed by atoms with Gasteiger partial charge in [-0.3, -0.25) is 0 Å². The fraction of sp³-hybridized carbons (Fsp3) is 0.323. The van der Waals surface area contributed by atoms with Crippen molar-refractivity contribution in [3.63, 3.8) is 0 Å². The molecule has 11 rings (SSSR count). The van der Waals surface area contributed by atoms with E-state index in [0.29, 0.717) is 0 Å². The zero-order valence-electron chi connectivity index (χ0n) is 41.1. The maximum absolute atomic E-state index is 2.75. The Morgan fingerprint density at radius 1 is 0.492 bits per heavy atom. The van der Waals surface area contributed by atoms with E-state index in [1.807, 2.05) is 0 Å². The summed E-state index contributed by atoms with van der Waals surface area (Å²) in [6.07, 6.45) is 2.35. The molecule has 0 amide bonds. The fourth-order valence-corrected chi connectivity index (χ4v) is 12.1. The molecule has 3 heteroatoms. The van der Waals surface area contributed by atoms with Gasteiger partial charge >= 0.3 is 6.85 Å². The Bertz CT molecular complexity index is 3100. The van der Waals surface area contributed by atoms with Gasteiger partial charge in [0.05, 0.1) is 11.4 Å². The van der Waals surface area contributed by atoms with Crippen LogP contribution in [0, 0.1) is 6.92 Å². The van der Waals surface area contributed by atoms with Gasteiger partial charge in [0.25, 0.3) is 0 Å². The minimum Gasteiger partial charge on any atom is -0.376 e. The first-order valence-electron chi connectivity index (χ1n) is 24.2. The number of nitrogens with zero attached hydrogens (tertiary/aromatic N) is 2. The van der Waals surface area contributed by atoms with Gasteiger partial charge < -0.3 is 9.71 Å². The van der Waals surface area contributed by atoms with Gasteiger partial charge in [0, 0.05) is 39.2 Å². The first-order valence-corrected chi connectivity index (χ1v) is 24.2. The molecule has 0 radical (unpaired) electrons. The van der Waals surface area contributed by atoms with E-state index in [1.54, 1.807) is 0 Å². The van der Waals surface area contributed by atoms with Crippen molar-refractivity contribution < 1.29 is 0 Å². The van der Waals surface area contributed by atoms with E-state index in [-0.39, 0.29) is 33.9 Å². The molecule has 2 heterocycles. The van der Waals surface area contributed by atoms with Gasteiger partial charge in [0.2, 0.25) is 0 Å². The van der Waals surface area contributed by atoms with Crippen LogP contribution in [0.3, 0.4) is 0 Å². The highest BCUT2D eigenvalue weighted by Gasteiger charge is 2.50. The van der Waals surface area contributed by atoms with Crippen LogP contribution < -0.4 is 20.6 Å². The Hall–Kier alpha value is -5.80. The molecule has 7 aromatic rings. The van der Waals surface area contributed by atoms with Crippen molar-refractivity contribution in [2.45, 2.75) is 130 Å². The largest absolute Gasteiger partial charge is 0.376 e. The van der Waals surface area contributed by atoms with Crippen molar-refractivity contribution in [3.05, 3.63) is 172 Å². The summed E-state index contributed by atoms with van der Waals surface area (Å²) >= 11 is 0. The van der Waals surface area contributed by atoms with Gasteiger partial charge in [-0.15, -0.1) is 0 Å². The zero-order chi connectivity index (χ0) is 45.7. The van der Waals surface area contributed by atoms with Gasteiger partial charge in [-0.05, 0) is 150 Å². The molecule has 0 fully saturated rings. The first kappa shape index (κ1) is 41.9. The second kappa shape index (κ2) is 13.9. The molecule has 0 N–H and O–H groups in total. The Kier molecular flexibility index (Phi) is 8.93. The predicted octanol–water partition coefficient (Wildman–Crippen LogP) is 15.6. The second-order valence-electron chi connectivity index (χ2n) is 23.8. The van der Waals surface area contributed by atoms with Crippen LogP contribution >= 0.6 is 0 Å². The molecule has 0 aromatic heterocycles. The predicted molar refractivity (Wildman–Crippen MR) is 281 cm³/mol. The van der Waals surface area contributed by atoms with E-state index >= 15 is 0 Å². The quantitative estimate of drug-likeness (QED) is 0.163. The van der Waals surface area contributed by atoms with Crippen LogP contribution in [0.5, 0.6) is 0 Å². The first-order chi connectivity index (χ1) is 30.7. The number of benzene rings is 7. The highest BCUT2D eigenvalue weighted by atomic mass is 15.2. The maximum atomic E-state index is 2.75. The average Bonchev–Trinajstić information content (AvgIpc) is 3.50. The summed E-state index contributed by atoms with van der Waals surface area (Å²) in [5.41, 5.74) is 26.7. The molecule has 7 aromatic carbocycles. The Morgan fingerprint density at radius 2 is 1.12 bits per heavy atom. The molecule has 0 saturated carbocycles. The molecule has 0 atom stereocenters. The van der Waals surface area contributed by atoms with E-state index in [4.69, 9.17) is 0 Å². The third kappa shape index (κ3) is 6.20. The lowest BCUT2D eigenvalue weighted by Crippen LogP contribution is -2.62. The number of fused-ring (bicyclic) bond motifs is 9. The number of hydrogen-bond donors (Lipinski definition) is 0. The molecule has 2 nitrogen and oxygen atoms in total. The van der Waals surface area contributed by atoms with Crippen molar-refractivity contribution in [2.24, 2.45) is 0 Å². The molecule has 4 aliphatic rings. The topological polar surface area (TPSA) is 6.48 Å². The Morgan fingerprint density at radius 3 is 1.80 bits per heavy atom. The van der Waals surface area contributed by atoms with Crippen LogP contribution in [-0.4, -0.2) is 6.85 Å². The molecule has 0 unspecified atom stereocenters. The third-order valence-electron chi connectivity index (χ3n) is 16.1. The highest BCUT2D eigenvalue weighted by molar-refractivity contribution is 6.93. The van der Waals surface area contributed by atoms with Crippen molar-refractivity contribution in [3.8, 4) is 33.4 Å². The van der Waals surface area contributed by atoms with Gasteiger partial charge in [-0.2, -0.15) is 0 Å². The van der Waals surface area contributed by atoms with Crippen molar-refractivity contribution in [1.82, 2.24) is 0 Å². The summed E-state index contributed by atoms with van der Waals surface area (Å²) in [6.45, 7) is 30.9. The van der Waals surface area contributed by atoms with Gasteiger partial charge in [0.1, 0.15) is 0 Å². The van der Waals surface area contributed by atoms with E-state index in [2.05, 4.69) is 233 Å². The second-order valence-corrected chi connectivity index (χ2v) is 23.8. The lowest BCUT2D eigenvalue weighted by molar-refractivity contribution is 0.332. The average molecular weight is 849 g/mol. The van der Waals surface area contributed by atoms with Crippen LogP contribution in [0.1, 0.15) is 135 Å². The monoisotopic (exact) mass is 849 g/mol. The summed E-state index contributed by atoms with van der Waals surface area (Å²) in [5.74, 6) is 0. The van der Waals surface area contributed by atoms with Gasteiger partial charge in [0.15, 0.2) is 0 Å². The minimum absolute atomic E-state index is 0.0199. The van der Waals surface area contributed by atoms with Crippen LogP contribution in [0.2, 0.25) is 0 Å². The molecule has 0 bridgehead atoms. The van der Waals surface area contributed by atoms with Crippen LogP contribution in [-0.2, 0) is 27.1 Å². The Balaban J connectivity index is 1.31. The molecule has 0 saturated heterocycles. The van der Waals surface area contributed by atoms with Crippen molar-refractivity contribution in [1.29, 1.82) is 0 Å². The van der Waals surface area contributed by atoms with Crippen molar-refractivity contribution >= 4 is 46.2 Å². The number of hydrogen-bond acceptors (Lipinski definition) is 2. The summed E-state index contributed by atoms with van der Waals surface area (Å²) in [6, 6.07) is 52.5. The van der Waals surface area contributed by atoms with Crippen molar-refractivity contribution in [2.75, 3.05) is 9.71 Å². The van der Waals surface area contributed by atoms with Crippen LogP contribution in [0.15, 0.2) is 133 Å². The molecule has 65 heavy (non-hydrogen) atoms. The van der Waals surface area contributed by atoms with Crippen LogP contribution in [0.4, 0.5) is 28.4 Å². The van der Waals surface area contributed by atoms with E-state index < -0.39 is 0 Å². The molecule has 2 aliphatic carbocycles. The SMILES string of the molecule is Cc1cc2c3c(c1)N(c1ccc(C(C)(C)C)cc1-c1ccccc1)c1c(ccc4c1-c1ccccc1C4(C)C)B3N(c1ccc(C(C)(C)C)cc1)c1cc3c(cc1-2)C(C)(C)CCC3(C)C. The molecular weight excluding hydrogens is 784 g/mol.